The van der Waals surface area contributed by atoms with Crippen molar-refractivity contribution in [2.45, 2.75) is 22.9 Å². The van der Waals surface area contributed by atoms with E-state index in [1.807, 2.05) is 0 Å². The first-order valence-corrected chi connectivity index (χ1v) is 10.3. The molecule has 1 fully saturated rings. The summed E-state index contributed by atoms with van der Waals surface area (Å²) in [5.41, 5.74) is -0.993. The van der Waals surface area contributed by atoms with Gasteiger partial charge in [0.25, 0.3) is 12.3 Å². The molecule has 0 bridgehead atoms. The van der Waals surface area contributed by atoms with Crippen LogP contribution in [0.1, 0.15) is 33.8 Å². The van der Waals surface area contributed by atoms with Crippen molar-refractivity contribution in [2.75, 3.05) is 11.9 Å². The molecule has 2 aromatic carbocycles. The molecular weight excluding hydrogens is 521 g/mol. The summed E-state index contributed by atoms with van der Waals surface area (Å²) in [4.78, 5) is 24.7. The zero-order valence-electron chi connectivity index (χ0n) is 16.1. The van der Waals surface area contributed by atoms with Gasteiger partial charge in [-0.1, -0.05) is 23.7 Å². The van der Waals surface area contributed by atoms with E-state index in [1.165, 1.54) is 18.2 Å². The van der Waals surface area contributed by atoms with Crippen LogP contribution in [0.2, 0.25) is 5.02 Å². The van der Waals surface area contributed by atoms with Crippen molar-refractivity contribution in [3.05, 3.63) is 63.9 Å². The molecule has 3 rings (SSSR count). The number of hydrogen-bond acceptors (Lipinski definition) is 2. The molecule has 0 saturated heterocycles. The van der Waals surface area contributed by atoms with Crippen LogP contribution in [0.3, 0.4) is 0 Å². The summed E-state index contributed by atoms with van der Waals surface area (Å²) in [7, 11) is 0. The van der Waals surface area contributed by atoms with Gasteiger partial charge in [0.2, 0.25) is 5.91 Å². The van der Waals surface area contributed by atoms with Crippen LogP contribution in [0, 0.1) is 11.7 Å². The predicted octanol–water partition coefficient (Wildman–Crippen LogP) is 6.23. The molecule has 0 heterocycles. The zero-order chi connectivity index (χ0) is 24.7. The summed E-state index contributed by atoms with van der Waals surface area (Å²) in [6.07, 6.45) is -7.66. The van der Waals surface area contributed by atoms with Crippen molar-refractivity contribution in [1.82, 2.24) is 5.32 Å². The van der Waals surface area contributed by atoms with Crippen LogP contribution in [0.4, 0.5) is 32.0 Å². The van der Waals surface area contributed by atoms with Gasteiger partial charge in [0.05, 0.1) is 22.1 Å². The first-order valence-electron chi connectivity index (χ1n) is 9.13. The molecule has 2 aromatic rings. The number of rotatable bonds is 6. The lowest BCUT2D eigenvalue weighted by Gasteiger charge is -2.11. The highest BCUT2D eigenvalue weighted by molar-refractivity contribution is 6.53. The fourth-order valence-corrected chi connectivity index (χ4v) is 4.29. The van der Waals surface area contributed by atoms with Crippen molar-refractivity contribution in [3.63, 3.8) is 0 Å². The van der Waals surface area contributed by atoms with Crippen LogP contribution in [0.25, 0.3) is 0 Å². The largest absolute Gasteiger partial charge is 0.405 e. The third-order valence-corrected chi connectivity index (χ3v) is 6.15. The molecule has 2 N–H and O–H groups in total. The Morgan fingerprint density at radius 2 is 1.76 bits per heavy atom. The highest BCUT2D eigenvalue weighted by atomic mass is 35.5. The number of amides is 2. The van der Waals surface area contributed by atoms with Gasteiger partial charge in [-0.15, -0.1) is 23.2 Å². The lowest BCUT2D eigenvalue weighted by atomic mass is 10.1. The Morgan fingerprint density at radius 1 is 1.09 bits per heavy atom. The molecule has 2 amide bonds. The summed E-state index contributed by atoms with van der Waals surface area (Å²) >= 11 is 18.2. The van der Waals surface area contributed by atoms with Gasteiger partial charge < -0.3 is 10.6 Å². The van der Waals surface area contributed by atoms with Gasteiger partial charge >= 0.3 is 6.18 Å². The van der Waals surface area contributed by atoms with Crippen molar-refractivity contribution in [1.29, 1.82) is 0 Å². The second-order valence-electron chi connectivity index (χ2n) is 7.19. The van der Waals surface area contributed by atoms with Crippen LogP contribution in [-0.4, -0.2) is 28.9 Å². The second-order valence-corrected chi connectivity index (χ2v) is 9.04. The summed E-state index contributed by atoms with van der Waals surface area (Å²) < 4.78 is 74.7. The number of anilines is 1. The third kappa shape index (κ3) is 5.67. The summed E-state index contributed by atoms with van der Waals surface area (Å²) in [6, 6.07) is 6.43. The zero-order valence-corrected chi connectivity index (χ0v) is 18.4. The summed E-state index contributed by atoms with van der Waals surface area (Å²) in [5.74, 6) is -5.05. The molecule has 178 valence electrons. The van der Waals surface area contributed by atoms with Gasteiger partial charge in [-0.3, -0.25) is 9.59 Å². The van der Waals surface area contributed by atoms with Crippen LogP contribution in [0.15, 0.2) is 36.4 Å². The molecule has 13 heteroatoms. The maximum atomic E-state index is 13.9. The van der Waals surface area contributed by atoms with E-state index >= 15 is 0 Å². The maximum absolute atomic E-state index is 13.9. The van der Waals surface area contributed by atoms with Gasteiger partial charge in [0.1, 0.15) is 16.7 Å². The quantitative estimate of drug-likeness (QED) is 0.341. The summed E-state index contributed by atoms with van der Waals surface area (Å²) in [5, 5.41) is 3.92. The molecule has 0 aliphatic heterocycles. The van der Waals surface area contributed by atoms with Crippen LogP contribution in [-0.2, 0) is 4.79 Å². The molecule has 1 saturated carbocycles. The third-order valence-electron chi connectivity index (χ3n) is 4.88. The van der Waals surface area contributed by atoms with E-state index in [9.17, 15) is 35.9 Å². The van der Waals surface area contributed by atoms with Crippen LogP contribution >= 0.6 is 34.8 Å². The van der Waals surface area contributed by atoms with Gasteiger partial charge in [-0.25, -0.2) is 13.2 Å². The van der Waals surface area contributed by atoms with Crippen molar-refractivity contribution in [3.8, 4) is 0 Å². The van der Waals surface area contributed by atoms with E-state index in [0.29, 0.717) is 0 Å². The van der Waals surface area contributed by atoms with E-state index in [-0.39, 0.29) is 21.8 Å². The van der Waals surface area contributed by atoms with E-state index in [1.54, 1.807) is 5.32 Å². The van der Waals surface area contributed by atoms with E-state index in [2.05, 4.69) is 5.32 Å². The molecule has 0 radical (unpaired) electrons. The number of alkyl halides is 7. The maximum Gasteiger partial charge on any atom is 0.405 e. The molecule has 0 aromatic heterocycles. The van der Waals surface area contributed by atoms with E-state index < -0.39 is 58.5 Å². The Morgan fingerprint density at radius 3 is 2.33 bits per heavy atom. The highest BCUT2D eigenvalue weighted by Crippen LogP contribution is 2.65. The average molecular weight is 534 g/mol. The fraction of sp³-hybridized carbons (Fsp3) is 0.300. The van der Waals surface area contributed by atoms with Crippen molar-refractivity contribution < 1.29 is 35.9 Å². The number of benzene rings is 2. The number of carbonyl (C=O) groups is 2. The van der Waals surface area contributed by atoms with Gasteiger partial charge in [0.15, 0.2) is 0 Å². The van der Waals surface area contributed by atoms with Crippen LogP contribution < -0.4 is 10.6 Å². The minimum Gasteiger partial charge on any atom is -0.343 e. The molecule has 0 spiro atoms. The number of hydrogen-bond donors (Lipinski definition) is 2. The van der Waals surface area contributed by atoms with Crippen molar-refractivity contribution in [2.24, 2.45) is 5.92 Å². The standard InChI is InChI=1S/C20H13Cl3F6N2O2/c21-12-4-2-9(6-11(12)17(32)30-7-19(27,28)29)31-18(33)15-14(20(15,22)23)8-1-3-10(16(25)26)13(24)5-8/h1-6,14-16H,7H2,(H,30,32)(H,31,33)/t14-,15+/m1/s1. The monoisotopic (exact) mass is 532 g/mol. The number of carbonyl (C=O) groups excluding carboxylic acids is 2. The van der Waals surface area contributed by atoms with Gasteiger partial charge in [-0.2, -0.15) is 13.2 Å². The molecule has 4 nitrogen and oxygen atoms in total. The molecule has 1 aliphatic rings. The molecule has 1 aliphatic carbocycles. The van der Waals surface area contributed by atoms with Gasteiger partial charge in [0, 0.05) is 11.6 Å². The lowest BCUT2D eigenvalue weighted by molar-refractivity contribution is -0.123. The molecule has 2 atom stereocenters. The second kappa shape index (κ2) is 9.23. The SMILES string of the molecule is O=C(NCC(F)(F)F)c1cc(NC(=O)[C@@H]2[C@@H](c3ccc(C(F)F)c(F)c3)C2(Cl)Cl)ccc1Cl. The Kier molecular flexibility index (Phi) is 7.12. The molecule has 33 heavy (non-hydrogen) atoms. The predicted molar refractivity (Wildman–Crippen MR) is 110 cm³/mol. The summed E-state index contributed by atoms with van der Waals surface area (Å²) in [6.45, 7) is -1.58. The first-order chi connectivity index (χ1) is 15.2. The highest BCUT2D eigenvalue weighted by Gasteiger charge is 2.67. The normalized spacial score (nSPS) is 19.3. The lowest BCUT2D eigenvalue weighted by Crippen LogP contribution is -2.33. The average Bonchev–Trinajstić information content (AvgIpc) is 3.28. The van der Waals surface area contributed by atoms with Crippen molar-refractivity contribution >= 4 is 52.3 Å². The van der Waals surface area contributed by atoms with E-state index in [0.717, 1.165) is 18.2 Å². The first kappa shape index (κ1) is 25.5. The smallest absolute Gasteiger partial charge is 0.343 e. The number of halogens is 9. The minimum absolute atomic E-state index is 0.00979. The Bertz CT molecular complexity index is 1090. The van der Waals surface area contributed by atoms with Crippen LogP contribution in [0.5, 0.6) is 0 Å². The fourth-order valence-electron chi connectivity index (χ4n) is 3.25. The van der Waals surface area contributed by atoms with E-state index in [4.69, 9.17) is 34.8 Å². The Hall–Kier alpha value is -2.17. The Labute approximate surface area is 198 Å². The number of nitrogens with one attached hydrogen (secondary N) is 2. The minimum atomic E-state index is -4.63. The topological polar surface area (TPSA) is 58.2 Å². The molecule has 0 unspecified atom stereocenters. The Balaban J connectivity index is 1.75. The van der Waals surface area contributed by atoms with Gasteiger partial charge in [-0.05, 0) is 29.8 Å². The molecular formula is C20H13Cl3F6N2O2.